The molecule has 0 spiro atoms. The molecule has 0 saturated carbocycles. The zero-order chi connectivity index (χ0) is 12.3. The minimum Gasteiger partial charge on any atom is -0.481 e. The Morgan fingerprint density at radius 2 is 1.88 bits per heavy atom. The Hall–Kier alpha value is -1.27. The summed E-state index contributed by atoms with van der Waals surface area (Å²) in [5.41, 5.74) is 5.27. The number of halogens is 4. The van der Waals surface area contributed by atoms with Crippen LogP contribution in [0.4, 0.5) is 13.2 Å². The molecule has 0 radical (unpaired) electrons. The molecule has 17 heavy (non-hydrogen) atoms. The number of carboxylic acids is 1. The van der Waals surface area contributed by atoms with Crippen molar-refractivity contribution < 1.29 is 23.1 Å². The van der Waals surface area contributed by atoms with Crippen molar-refractivity contribution >= 4 is 18.4 Å². The van der Waals surface area contributed by atoms with Crippen LogP contribution in [0.2, 0.25) is 0 Å². The monoisotopic (exact) mass is 269 g/mol. The number of rotatable bonds is 4. The lowest BCUT2D eigenvalue weighted by Gasteiger charge is -2.10. The van der Waals surface area contributed by atoms with Crippen molar-refractivity contribution in [1.29, 1.82) is 0 Å². The van der Waals surface area contributed by atoms with Crippen molar-refractivity contribution in [3.05, 3.63) is 35.1 Å². The van der Waals surface area contributed by atoms with Gasteiger partial charge in [-0.15, -0.1) is 12.4 Å². The Balaban J connectivity index is 0.00000256. The molecule has 3 N–H and O–H groups in total. The Labute approximate surface area is 102 Å². The van der Waals surface area contributed by atoms with Gasteiger partial charge in [0, 0.05) is 6.04 Å². The van der Waals surface area contributed by atoms with Crippen molar-refractivity contribution in [1.82, 2.24) is 0 Å². The van der Waals surface area contributed by atoms with Gasteiger partial charge in [0.05, 0.1) is 6.42 Å². The molecular weight excluding hydrogens is 259 g/mol. The lowest BCUT2D eigenvalue weighted by molar-refractivity contribution is -0.137. The summed E-state index contributed by atoms with van der Waals surface area (Å²) < 4.78 is 38.5. The van der Waals surface area contributed by atoms with Gasteiger partial charge in [0.2, 0.25) is 0 Å². The predicted molar refractivity (Wildman–Crippen MR) is 57.5 cm³/mol. The van der Waals surface area contributed by atoms with E-state index in [1.807, 2.05) is 0 Å². The molecule has 1 atom stereocenters. The Kier molecular flexibility index (Phi) is 5.98. The van der Waals surface area contributed by atoms with Gasteiger partial charge in [0.25, 0.3) is 0 Å². The molecule has 0 heterocycles. The summed E-state index contributed by atoms with van der Waals surface area (Å²) in [5, 5.41) is 8.42. The van der Waals surface area contributed by atoms with E-state index in [0.29, 0.717) is 0 Å². The fraction of sp³-hybridized carbons (Fsp3) is 0.300. The highest BCUT2D eigenvalue weighted by molar-refractivity contribution is 5.85. The van der Waals surface area contributed by atoms with E-state index >= 15 is 0 Å². The molecular formula is C10H11ClF3NO2. The fourth-order valence-electron chi connectivity index (χ4n) is 1.30. The largest absolute Gasteiger partial charge is 0.481 e. The first-order valence-electron chi connectivity index (χ1n) is 4.51. The van der Waals surface area contributed by atoms with E-state index in [4.69, 9.17) is 10.8 Å². The number of carbonyl (C=O) groups is 1. The molecule has 1 aromatic rings. The SMILES string of the molecule is Cl.N[C@@H](CC(=O)O)Cc1ccc(F)c(F)c1F. The fourth-order valence-corrected chi connectivity index (χ4v) is 1.30. The smallest absolute Gasteiger partial charge is 0.304 e. The molecule has 0 saturated heterocycles. The lowest BCUT2D eigenvalue weighted by atomic mass is 10.0. The maximum absolute atomic E-state index is 13.1. The summed E-state index contributed by atoms with van der Waals surface area (Å²) in [7, 11) is 0. The molecule has 96 valence electrons. The molecule has 3 nitrogen and oxygen atoms in total. The number of aliphatic carboxylic acids is 1. The van der Waals surface area contributed by atoms with E-state index < -0.39 is 29.5 Å². The van der Waals surface area contributed by atoms with Crippen LogP contribution >= 0.6 is 12.4 Å². The van der Waals surface area contributed by atoms with E-state index in [9.17, 15) is 18.0 Å². The van der Waals surface area contributed by atoms with Gasteiger partial charge >= 0.3 is 5.97 Å². The average molecular weight is 270 g/mol. The third-order valence-electron chi connectivity index (χ3n) is 2.03. The van der Waals surface area contributed by atoms with Gasteiger partial charge in [-0.3, -0.25) is 4.79 Å². The van der Waals surface area contributed by atoms with E-state index in [0.717, 1.165) is 12.1 Å². The Bertz CT molecular complexity index is 415. The third kappa shape index (κ3) is 4.24. The molecule has 0 amide bonds. The summed E-state index contributed by atoms with van der Waals surface area (Å²) in [5.74, 6) is -5.30. The molecule has 0 aliphatic heterocycles. The highest BCUT2D eigenvalue weighted by atomic mass is 35.5. The molecule has 0 aliphatic rings. The second-order valence-corrected chi connectivity index (χ2v) is 3.40. The summed E-state index contributed by atoms with van der Waals surface area (Å²) in [6.07, 6.45) is -0.520. The van der Waals surface area contributed by atoms with Gasteiger partial charge in [-0.25, -0.2) is 13.2 Å². The predicted octanol–water partition coefficient (Wildman–Crippen LogP) is 1.87. The lowest BCUT2D eigenvalue weighted by Crippen LogP contribution is -2.26. The number of benzene rings is 1. The highest BCUT2D eigenvalue weighted by Gasteiger charge is 2.16. The van der Waals surface area contributed by atoms with Crippen LogP contribution < -0.4 is 5.73 Å². The van der Waals surface area contributed by atoms with Crippen LogP contribution in [0.5, 0.6) is 0 Å². The van der Waals surface area contributed by atoms with E-state index in [2.05, 4.69) is 0 Å². The number of hydrogen-bond donors (Lipinski definition) is 2. The molecule has 0 aliphatic carbocycles. The summed E-state index contributed by atoms with van der Waals surface area (Å²) >= 11 is 0. The molecule has 0 bridgehead atoms. The summed E-state index contributed by atoms with van der Waals surface area (Å²) in [6.45, 7) is 0. The third-order valence-corrected chi connectivity index (χ3v) is 2.03. The van der Waals surface area contributed by atoms with E-state index in [-0.39, 0.29) is 30.8 Å². The van der Waals surface area contributed by atoms with Crippen molar-refractivity contribution in [2.75, 3.05) is 0 Å². The van der Waals surface area contributed by atoms with Gasteiger partial charge in [-0.1, -0.05) is 6.07 Å². The summed E-state index contributed by atoms with van der Waals surface area (Å²) in [4.78, 5) is 10.3. The molecule has 0 fully saturated rings. The molecule has 7 heteroatoms. The van der Waals surface area contributed by atoms with Crippen LogP contribution in [0, 0.1) is 17.5 Å². The van der Waals surface area contributed by atoms with Crippen molar-refractivity contribution in [2.45, 2.75) is 18.9 Å². The zero-order valence-corrected chi connectivity index (χ0v) is 9.44. The van der Waals surface area contributed by atoms with Gasteiger partial charge < -0.3 is 10.8 Å². The van der Waals surface area contributed by atoms with E-state index in [1.54, 1.807) is 0 Å². The first-order chi connectivity index (χ1) is 7.41. The van der Waals surface area contributed by atoms with Gasteiger partial charge in [0.15, 0.2) is 17.5 Å². The van der Waals surface area contributed by atoms with Crippen molar-refractivity contribution in [3.63, 3.8) is 0 Å². The Morgan fingerprint density at radius 3 is 2.41 bits per heavy atom. The topological polar surface area (TPSA) is 63.3 Å². The second-order valence-electron chi connectivity index (χ2n) is 3.40. The van der Waals surface area contributed by atoms with Crippen LogP contribution in [-0.2, 0) is 11.2 Å². The van der Waals surface area contributed by atoms with Gasteiger partial charge in [0.1, 0.15) is 0 Å². The van der Waals surface area contributed by atoms with Gasteiger partial charge in [-0.05, 0) is 18.1 Å². The maximum Gasteiger partial charge on any atom is 0.304 e. The van der Waals surface area contributed by atoms with E-state index in [1.165, 1.54) is 0 Å². The standard InChI is InChI=1S/C10H10F3NO2.ClH/c11-7-2-1-5(9(12)10(7)13)3-6(14)4-8(15)16;/h1-2,6H,3-4,14H2,(H,15,16);1H/t6-;/m1./s1. The number of carboxylic acid groups (broad SMARTS) is 1. The van der Waals surface area contributed by atoms with Crippen LogP contribution in [-0.4, -0.2) is 17.1 Å². The molecule has 0 aromatic heterocycles. The van der Waals surface area contributed by atoms with Gasteiger partial charge in [-0.2, -0.15) is 0 Å². The highest BCUT2D eigenvalue weighted by Crippen LogP contribution is 2.16. The van der Waals surface area contributed by atoms with Crippen LogP contribution in [0.25, 0.3) is 0 Å². The number of nitrogens with two attached hydrogens (primary N) is 1. The minimum absolute atomic E-state index is 0. The average Bonchev–Trinajstić information content (AvgIpc) is 2.18. The van der Waals surface area contributed by atoms with Crippen LogP contribution in [0.15, 0.2) is 12.1 Å². The molecule has 0 unspecified atom stereocenters. The summed E-state index contributed by atoms with van der Waals surface area (Å²) in [6, 6.07) is 0.994. The second kappa shape index (κ2) is 6.46. The van der Waals surface area contributed by atoms with Crippen molar-refractivity contribution in [3.8, 4) is 0 Å². The Morgan fingerprint density at radius 1 is 1.29 bits per heavy atom. The molecule has 1 rings (SSSR count). The number of hydrogen-bond acceptors (Lipinski definition) is 2. The molecule has 1 aromatic carbocycles. The maximum atomic E-state index is 13.1. The zero-order valence-electron chi connectivity index (χ0n) is 8.62. The van der Waals surface area contributed by atoms with Crippen molar-refractivity contribution in [2.24, 2.45) is 5.73 Å². The first kappa shape index (κ1) is 15.7. The van der Waals surface area contributed by atoms with Crippen LogP contribution in [0.1, 0.15) is 12.0 Å². The quantitative estimate of drug-likeness (QED) is 0.820. The van der Waals surface area contributed by atoms with Crippen LogP contribution in [0.3, 0.4) is 0 Å². The minimum atomic E-state index is -1.57. The normalized spacial score (nSPS) is 11.8. The first-order valence-corrected chi connectivity index (χ1v) is 4.51.